The first-order valence-electron chi connectivity index (χ1n) is 5.61. The van der Waals surface area contributed by atoms with E-state index < -0.39 is 0 Å². The third-order valence-corrected chi connectivity index (χ3v) is 2.74. The standard InChI is InChI=1S/C13H16N2O/c1-10(2)5-7-15-8-11(9-16)12-4-3-6-14-13(12)15/h3-4,6,8-10H,5,7H2,1-2H3. The van der Waals surface area contributed by atoms with Crippen LogP contribution < -0.4 is 0 Å². The lowest BCUT2D eigenvalue weighted by molar-refractivity contribution is 0.112. The van der Waals surface area contributed by atoms with Crippen molar-refractivity contribution in [3.8, 4) is 0 Å². The van der Waals surface area contributed by atoms with Crippen LogP contribution in [-0.4, -0.2) is 15.8 Å². The maximum atomic E-state index is 10.9. The van der Waals surface area contributed by atoms with E-state index >= 15 is 0 Å². The molecular formula is C13H16N2O. The maximum Gasteiger partial charge on any atom is 0.152 e. The fourth-order valence-corrected chi connectivity index (χ4v) is 1.81. The van der Waals surface area contributed by atoms with Gasteiger partial charge in [-0.05, 0) is 24.5 Å². The SMILES string of the molecule is CC(C)CCn1cc(C=O)c2cccnc21. The Morgan fingerprint density at radius 1 is 1.50 bits per heavy atom. The molecule has 0 aliphatic rings. The molecule has 0 aliphatic carbocycles. The Balaban J connectivity index is 2.41. The summed E-state index contributed by atoms with van der Waals surface area (Å²) in [4.78, 5) is 15.3. The maximum absolute atomic E-state index is 10.9. The number of hydrogen-bond acceptors (Lipinski definition) is 2. The number of rotatable bonds is 4. The zero-order valence-electron chi connectivity index (χ0n) is 9.68. The van der Waals surface area contributed by atoms with Crippen LogP contribution >= 0.6 is 0 Å². The van der Waals surface area contributed by atoms with Gasteiger partial charge in [0.2, 0.25) is 0 Å². The van der Waals surface area contributed by atoms with Crippen molar-refractivity contribution in [2.45, 2.75) is 26.8 Å². The number of aryl methyl sites for hydroxylation is 1. The molecule has 0 bridgehead atoms. The van der Waals surface area contributed by atoms with Crippen LogP contribution in [0.2, 0.25) is 0 Å². The lowest BCUT2D eigenvalue weighted by atomic mass is 10.1. The van der Waals surface area contributed by atoms with Crippen molar-refractivity contribution in [2.75, 3.05) is 0 Å². The molecule has 0 unspecified atom stereocenters. The zero-order chi connectivity index (χ0) is 11.5. The molecule has 16 heavy (non-hydrogen) atoms. The Hall–Kier alpha value is -1.64. The van der Waals surface area contributed by atoms with Crippen molar-refractivity contribution >= 4 is 17.3 Å². The Labute approximate surface area is 95.1 Å². The minimum absolute atomic E-state index is 0.654. The first-order chi connectivity index (χ1) is 7.72. The van der Waals surface area contributed by atoms with Gasteiger partial charge in [0, 0.05) is 29.9 Å². The molecule has 3 heteroatoms. The molecular weight excluding hydrogens is 200 g/mol. The van der Waals surface area contributed by atoms with Gasteiger partial charge >= 0.3 is 0 Å². The predicted molar refractivity (Wildman–Crippen MR) is 64.6 cm³/mol. The smallest absolute Gasteiger partial charge is 0.152 e. The monoisotopic (exact) mass is 216 g/mol. The van der Waals surface area contributed by atoms with Gasteiger partial charge in [-0.15, -0.1) is 0 Å². The average Bonchev–Trinajstić information content (AvgIpc) is 2.65. The summed E-state index contributed by atoms with van der Waals surface area (Å²) in [5.74, 6) is 0.654. The number of nitrogens with zero attached hydrogens (tertiary/aromatic N) is 2. The summed E-state index contributed by atoms with van der Waals surface area (Å²) in [5, 5.41) is 0.946. The Morgan fingerprint density at radius 2 is 2.31 bits per heavy atom. The van der Waals surface area contributed by atoms with Gasteiger partial charge in [-0.3, -0.25) is 4.79 Å². The fourth-order valence-electron chi connectivity index (χ4n) is 1.81. The number of hydrogen-bond donors (Lipinski definition) is 0. The van der Waals surface area contributed by atoms with E-state index in [2.05, 4.69) is 23.4 Å². The Kier molecular flexibility index (Phi) is 3.04. The van der Waals surface area contributed by atoms with E-state index in [4.69, 9.17) is 0 Å². The quantitative estimate of drug-likeness (QED) is 0.736. The second kappa shape index (κ2) is 4.47. The van der Waals surface area contributed by atoms with Crippen LogP contribution in [0, 0.1) is 5.92 Å². The third kappa shape index (κ3) is 1.98. The molecule has 2 aromatic heterocycles. The van der Waals surface area contributed by atoms with Crippen molar-refractivity contribution in [3.63, 3.8) is 0 Å². The molecule has 2 rings (SSSR count). The second-order valence-corrected chi connectivity index (χ2v) is 4.45. The minimum Gasteiger partial charge on any atom is -0.332 e. The highest BCUT2D eigenvalue weighted by Crippen LogP contribution is 2.18. The van der Waals surface area contributed by atoms with Gasteiger partial charge in [0.25, 0.3) is 0 Å². The van der Waals surface area contributed by atoms with E-state index in [1.807, 2.05) is 18.3 Å². The molecule has 0 radical (unpaired) electrons. The number of aromatic nitrogens is 2. The lowest BCUT2D eigenvalue weighted by Crippen LogP contribution is -2.00. The zero-order valence-corrected chi connectivity index (χ0v) is 9.68. The largest absolute Gasteiger partial charge is 0.332 e. The molecule has 2 heterocycles. The summed E-state index contributed by atoms with van der Waals surface area (Å²) in [5.41, 5.74) is 1.64. The molecule has 3 nitrogen and oxygen atoms in total. The van der Waals surface area contributed by atoms with E-state index in [1.54, 1.807) is 6.20 Å². The summed E-state index contributed by atoms with van der Waals surface area (Å²) >= 11 is 0. The van der Waals surface area contributed by atoms with Crippen LogP contribution in [0.3, 0.4) is 0 Å². The topological polar surface area (TPSA) is 34.9 Å². The van der Waals surface area contributed by atoms with Crippen LogP contribution in [0.1, 0.15) is 30.6 Å². The minimum atomic E-state index is 0.654. The van der Waals surface area contributed by atoms with E-state index in [1.165, 1.54) is 0 Å². The molecule has 0 aromatic carbocycles. The van der Waals surface area contributed by atoms with Crippen LogP contribution in [0.15, 0.2) is 24.5 Å². The van der Waals surface area contributed by atoms with Crippen molar-refractivity contribution < 1.29 is 4.79 Å². The number of carbonyl (C=O) groups is 1. The van der Waals surface area contributed by atoms with E-state index in [0.29, 0.717) is 5.92 Å². The van der Waals surface area contributed by atoms with Crippen molar-refractivity contribution in [2.24, 2.45) is 5.92 Å². The summed E-state index contributed by atoms with van der Waals surface area (Å²) in [7, 11) is 0. The van der Waals surface area contributed by atoms with Crippen LogP contribution in [0.25, 0.3) is 11.0 Å². The predicted octanol–water partition coefficient (Wildman–Crippen LogP) is 2.89. The number of fused-ring (bicyclic) bond motifs is 1. The van der Waals surface area contributed by atoms with Crippen molar-refractivity contribution in [1.82, 2.24) is 9.55 Å². The Bertz CT molecular complexity index is 500. The number of aldehydes is 1. The van der Waals surface area contributed by atoms with Crippen LogP contribution in [0.4, 0.5) is 0 Å². The summed E-state index contributed by atoms with van der Waals surface area (Å²) < 4.78 is 2.07. The van der Waals surface area contributed by atoms with Gasteiger partial charge < -0.3 is 4.57 Å². The molecule has 0 N–H and O–H groups in total. The highest BCUT2D eigenvalue weighted by Gasteiger charge is 2.08. The van der Waals surface area contributed by atoms with E-state index in [0.717, 1.165) is 35.8 Å². The van der Waals surface area contributed by atoms with Gasteiger partial charge in [0.1, 0.15) is 5.65 Å². The normalized spacial score (nSPS) is 11.2. The first kappa shape index (κ1) is 10.9. The molecule has 0 saturated heterocycles. The molecule has 0 atom stereocenters. The number of carbonyl (C=O) groups excluding carboxylic acids is 1. The molecule has 0 amide bonds. The average molecular weight is 216 g/mol. The van der Waals surface area contributed by atoms with E-state index in [-0.39, 0.29) is 0 Å². The molecule has 2 aromatic rings. The molecule has 0 fully saturated rings. The van der Waals surface area contributed by atoms with Gasteiger partial charge in [-0.2, -0.15) is 0 Å². The summed E-state index contributed by atoms with van der Waals surface area (Å²) in [6, 6.07) is 3.81. The highest BCUT2D eigenvalue weighted by atomic mass is 16.1. The molecule has 0 aliphatic heterocycles. The van der Waals surface area contributed by atoms with Gasteiger partial charge in [-0.1, -0.05) is 13.8 Å². The highest BCUT2D eigenvalue weighted by molar-refractivity contribution is 5.95. The van der Waals surface area contributed by atoms with Crippen LogP contribution in [-0.2, 0) is 6.54 Å². The molecule has 0 saturated carbocycles. The van der Waals surface area contributed by atoms with Crippen molar-refractivity contribution in [1.29, 1.82) is 0 Å². The fraction of sp³-hybridized carbons (Fsp3) is 0.385. The van der Waals surface area contributed by atoms with Gasteiger partial charge in [0.15, 0.2) is 6.29 Å². The summed E-state index contributed by atoms with van der Waals surface area (Å²) in [6.45, 7) is 5.30. The number of pyridine rings is 1. The Morgan fingerprint density at radius 3 is 3.00 bits per heavy atom. The summed E-state index contributed by atoms with van der Waals surface area (Å²) in [6.07, 6.45) is 5.66. The third-order valence-electron chi connectivity index (χ3n) is 2.74. The van der Waals surface area contributed by atoms with Gasteiger partial charge in [-0.25, -0.2) is 4.98 Å². The van der Waals surface area contributed by atoms with Gasteiger partial charge in [0.05, 0.1) is 0 Å². The molecule has 0 spiro atoms. The van der Waals surface area contributed by atoms with E-state index in [9.17, 15) is 4.79 Å². The molecule has 84 valence electrons. The van der Waals surface area contributed by atoms with Crippen molar-refractivity contribution in [3.05, 3.63) is 30.1 Å². The second-order valence-electron chi connectivity index (χ2n) is 4.45. The lowest BCUT2D eigenvalue weighted by Gasteiger charge is -2.06. The first-order valence-corrected chi connectivity index (χ1v) is 5.61. The van der Waals surface area contributed by atoms with Crippen LogP contribution in [0.5, 0.6) is 0 Å².